The van der Waals surface area contributed by atoms with E-state index in [1.807, 2.05) is 48.6 Å². The predicted octanol–water partition coefficient (Wildman–Crippen LogP) is 6.51. The van der Waals surface area contributed by atoms with Crippen LogP contribution in [-0.2, 0) is 21.1 Å². The van der Waals surface area contributed by atoms with Crippen molar-refractivity contribution in [1.82, 2.24) is 0 Å². The molecule has 0 aromatic heterocycles. The third-order valence-corrected chi connectivity index (χ3v) is 13.9. The van der Waals surface area contributed by atoms with E-state index in [0.29, 0.717) is 0 Å². The molecule has 0 saturated heterocycles. The van der Waals surface area contributed by atoms with Crippen molar-refractivity contribution in [2.75, 3.05) is 0 Å². The summed E-state index contributed by atoms with van der Waals surface area (Å²) in [5.74, 6) is -3.78. The zero-order valence-electron chi connectivity index (χ0n) is 15.1. The second kappa shape index (κ2) is 8.15. The van der Waals surface area contributed by atoms with Gasteiger partial charge in [0.05, 0.1) is 0 Å². The molecule has 0 radical (unpaired) electrons. The topological polar surface area (TPSA) is 18.5 Å². The van der Waals surface area contributed by atoms with E-state index >= 15 is 0 Å². The van der Waals surface area contributed by atoms with Crippen LogP contribution in [0.5, 0.6) is 11.5 Å². The van der Waals surface area contributed by atoms with Crippen molar-refractivity contribution >= 4 is 0 Å². The van der Waals surface area contributed by atoms with Crippen LogP contribution in [-0.4, -0.2) is 0 Å². The second-order valence-corrected chi connectivity index (χ2v) is 14.5. The molecule has 2 aromatic carbocycles. The van der Waals surface area contributed by atoms with E-state index < -0.39 is 44.4 Å². The molecule has 7 heteroatoms. The van der Waals surface area contributed by atoms with E-state index in [-0.39, 0.29) is 18.8 Å². The molecule has 2 nitrogen and oxygen atoms in total. The molecule has 0 saturated carbocycles. The summed E-state index contributed by atoms with van der Waals surface area (Å²) in [5.41, 5.74) is 0. The maximum absolute atomic E-state index is 13.8. The third-order valence-electron chi connectivity index (χ3n) is 4.76. The summed E-state index contributed by atoms with van der Waals surface area (Å²) >= 11 is -4.41. The SMILES string of the molecule is Fc1ccc([O][Zr]([O]c2ccc(F)c(F)c2)([CH]2C=CC=C2)[CH]2C=CC=C2)cc1F. The monoisotopic (exact) mass is 478 g/mol. The van der Waals surface area contributed by atoms with Crippen molar-refractivity contribution < 1.29 is 44.3 Å². The molecule has 0 heterocycles. The molecule has 0 unspecified atom stereocenters. The first-order chi connectivity index (χ1) is 14.0. The zero-order chi connectivity index (χ0) is 20.4. The Morgan fingerprint density at radius 2 is 0.931 bits per heavy atom. The van der Waals surface area contributed by atoms with Crippen LogP contribution in [0.1, 0.15) is 0 Å². The first-order valence-electron chi connectivity index (χ1n) is 8.96. The van der Waals surface area contributed by atoms with E-state index in [1.165, 1.54) is 12.1 Å². The average Bonchev–Trinajstić information content (AvgIpc) is 3.41. The fraction of sp³-hybridized carbons (Fsp3) is 0.0909. The molecule has 4 rings (SSSR count). The van der Waals surface area contributed by atoms with Gasteiger partial charge in [0.1, 0.15) is 0 Å². The summed E-state index contributed by atoms with van der Waals surface area (Å²) in [5, 5.41) is 0. The summed E-state index contributed by atoms with van der Waals surface area (Å²) in [6.07, 6.45) is 15.0. The van der Waals surface area contributed by atoms with Crippen molar-refractivity contribution in [2.45, 2.75) is 7.25 Å². The van der Waals surface area contributed by atoms with Gasteiger partial charge in [0.25, 0.3) is 0 Å². The molecule has 0 spiro atoms. The summed E-state index contributed by atoms with van der Waals surface area (Å²) in [6, 6.07) is 6.59. The van der Waals surface area contributed by atoms with Gasteiger partial charge < -0.3 is 0 Å². The fourth-order valence-electron chi connectivity index (χ4n) is 3.36. The molecule has 2 aliphatic carbocycles. The molecule has 0 atom stereocenters. The molecule has 0 N–H and O–H groups in total. The summed E-state index contributed by atoms with van der Waals surface area (Å²) in [6.45, 7) is 0. The van der Waals surface area contributed by atoms with Crippen molar-refractivity contribution in [3.05, 3.63) is 108 Å². The molecule has 2 aromatic rings. The van der Waals surface area contributed by atoms with E-state index in [4.69, 9.17) is 5.63 Å². The van der Waals surface area contributed by atoms with E-state index in [9.17, 15) is 17.6 Å². The van der Waals surface area contributed by atoms with Crippen molar-refractivity contribution in [1.29, 1.82) is 0 Å². The Balaban J connectivity index is 1.80. The van der Waals surface area contributed by atoms with Crippen LogP contribution in [0.25, 0.3) is 0 Å². The average molecular weight is 480 g/mol. The maximum atomic E-state index is 13.8. The number of allylic oxidation sites excluding steroid dienone is 8. The third kappa shape index (κ3) is 4.02. The molecular weight excluding hydrogens is 463 g/mol. The minimum atomic E-state index is -4.41. The van der Waals surface area contributed by atoms with Gasteiger partial charge in [-0.3, -0.25) is 0 Å². The quantitative estimate of drug-likeness (QED) is 0.440. The summed E-state index contributed by atoms with van der Waals surface area (Å²) in [7, 11) is 0. The molecule has 148 valence electrons. The Morgan fingerprint density at radius 1 is 0.552 bits per heavy atom. The first kappa shape index (κ1) is 19.9. The van der Waals surface area contributed by atoms with Gasteiger partial charge in [-0.05, 0) is 0 Å². The molecule has 2 aliphatic rings. The first-order valence-corrected chi connectivity index (χ1v) is 13.8. The molecule has 0 fully saturated rings. The Kier molecular flexibility index (Phi) is 5.59. The number of rotatable bonds is 6. The van der Waals surface area contributed by atoms with Crippen molar-refractivity contribution in [2.24, 2.45) is 0 Å². The molecule has 29 heavy (non-hydrogen) atoms. The van der Waals surface area contributed by atoms with Crippen LogP contribution in [0.4, 0.5) is 17.6 Å². The van der Waals surface area contributed by atoms with Crippen LogP contribution >= 0.6 is 0 Å². The summed E-state index contributed by atoms with van der Waals surface area (Å²) < 4.78 is 66.6. The van der Waals surface area contributed by atoms with Crippen LogP contribution in [0, 0.1) is 23.3 Å². The fourth-order valence-corrected chi connectivity index (χ4v) is 12.1. The molecular formula is C22H16F4O2Zr. The Bertz CT molecular complexity index is 938. The zero-order valence-corrected chi connectivity index (χ0v) is 17.5. The Labute approximate surface area is 171 Å². The number of halogens is 4. The van der Waals surface area contributed by atoms with E-state index in [2.05, 4.69) is 0 Å². The van der Waals surface area contributed by atoms with Crippen LogP contribution in [0.3, 0.4) is 0 Å². The number of hydrogen-bond donors (Lipinski definition) is 0. The number of benzene rings is 2. The van der Waals surface area contributed by atoms with Gasteiger partial charge in [0.15, 0.2) is 0 Å². The normalized spacial score (nSPS) is 16.1. The molecule has 0 amide bonds. The van der Waals surface area contributed by atoms with E-state index in [0.717, 1.165) is 24.3 Å². The molecule has 0 aliphatic heterocycles. The van der Waals surface area contributed by atoms with Gasteiger partial charge in [-0.15, -0.1) is 0 Å². The van der Waals surface area contributed by atoms with Crippen LogP contribution < -0.4 is 5.63 Å². The van der Waals surface area contributed by atoms with Crippen molar-refractivity contribution in [3.8, 4) is 11.5 Å². The Morgan fingerprint density at radius 3 is 1.28 bits per heavy atom. The van der Waals surface area contributed by atoms with Gasteiger partial charge in [-0.25, -0.2) is 0 Å². The second-order valence-electron chi connectivity index (χ2n) is 6.67. The van der Waals surface area contributed by atoms with Gasteiger partial charge in [-0.2, -0.15) is 0 Å². The molecule has 0 bridgehead atoms. The summed E-state index contributed by atoms with van der Waals surface area (Å²) in [4.78, 5) is 0. The number of hydrogen-bond acceptors (Lipinski definition) is 2. The van der Waals surface area contributed by atoms with Gasteiger partial charge in [0, 0.05) is 0 Å². The van der Waals surface area contributed by atoms with Crippen molar-refractivity contribution in [3.63, 3.8) is 0 Å². The Hall–Kier alpha value is -2.40. The van der Waals surface area contributed by atoms with Gasteiger partial charge in [-0.1, -0.05) is 0 Å². The minimum absolute atomic E-state index is 0.129. The standard InChI is InChI=1S/2C6H4F2O.2C5H5.Zr/c2*7-5-2-1-4(9)3-6(5)8;2*1-2-4-5-3-1;/h2*1-3,9H;2*1-5H;/q;;;;+2/p-2. The van der Waals surface area contributed by atoms with Gasteiger partial charge >= 0.3 is 171 Å². The van der Waals surface area contributed by atoms with E-state index in [1.54, 1.807) is 0 Å². The van der Waals surface area contributed by atoms with Crippen LogP contribution in [0.2, 0.25) is 7.25 Å². The van der Waals surface area contributed by atoms with Gasteiger partial charge in [0.2, 0.25) is 0 Å². The van der Waals surface area contributed by atoms with Crippen LogP contribution in [0.15, 0.2) is 85.0 Å². The predicted molar refractivity (Wildman–Crippen MR) is 98.0 cm³/mol.